The molecule has 6 nitrogen and oxygen atoms in total. The predicted molar refractivity (Wildman–Crippen MR) is 71.8 cm³/mol. The highest BCUT2D eigenvalue weighted by atomic mass is 16.6. The van der Waals surface area contributed by atoms with Crippen LogP contribution in [0.4, 0.5) is 5.69 Å². The Balaban J connectivity index is 1.86. The molecule has 0 N–H and O–H groups in total. The van der Waals surface area contributed by atoms with E-state index in [9.17, 15) is 10.1 Å². The fraction of sp³-hybridized carbons (Fsp3) is 0.462. The Morgan fingerprint density at radius 1 is 1.26 bits per heavy atom. The number of hydrogen-bond donors (Lipinski definition) is 0. The van der Waals surface area contributed by atoms with Crippen LogP contribution in [0.1, 0.15) is 19.3 Å². The van der Waals surface area contributed by atoms with Crippen LogP contribution in [-0.4, -0.2) is 32.7 Å². The average Bonchev–Trinajstić information content (AvgIpc) is 2.82. The third kappa shape index (κ3) is 2.44. The van der Waals surface area contributed by atoms with Gasteiger partial charge in [-0.3, -0.25) is 19.7 Å². The smallest absolute Gasteiger partial charge is 0.270 e. The molecule has 0 bridgehead atoms. The monoisotopic (exact) mass is 260 g/mol. The van der Waals surface area contributed by atoms with Gasteiger partial charge in [-0.1, -0.05) is 6.42 Å². The zero-order valence-electron chi connectivity index (χ0n) is 10.7. The molecular formula is C13H16N4O2. The number of benzene rings is 1. The second-order valence-corrected chi connectivity index (χ2v) is 4.96. The van der Waals surface area contributed by atoms with Crippen LogP contribution >= 0.6 is 0 Å². The highest BCUT2D eigenvalue weighted by molar-refractivity contribution is 5.81. The van der Waals surface area contributed by atoms with Crippen molar-refractivity contribution in [2.45, 2.75) is 25.9 Å². The summed E-state index contributed by atoms with van der Waals surface area (Å²) in [6.07, 6.45) is 5.49. The summed E-state index contributed by atoms with van der Waals surface area (Å²) in [6.45, 7) is 2.98. The van der Waals surface area contributed by atoms with Gasteiger partial charge in [-0.15, -0.1) is 0 Å². The molecule has 6 heteroatoms. The first-order valence-corrected chi connectivity index (χ1v) is 6.56. The van der Waals surface area contributed by atoms with E-state index < -0.39 is 0 Å². The molecule has 1 aromatic heterocycles. The lowest BCUT2D eigenvalue weighted by Crippen LogP contribution is -2.31. The third-order valence-corrected chi connectivity index (χ3v) is 3.62. The van der Waals surface area contributed by atoms with Crippen molar-refractivity contribution in [3.63, 3.8) is 0 Å². The van der Waals surface area contributed by atoms with E-state index in [0.717, 1.165) is 30.7 Å². The Morgan fingerprint density at radius 3 is 2.79 bits per heavy atom. The lowest BCUT2D eigenvalue weighted by Gasteiger charge is -2.26. The van der Waals surface area contributed by atoms with Gasteiger partial charge in [0.25, 0.3) is 5.69 Å². The quantitative estimate of drug-likeness (QED) is 0.628. The van der Waals surface area contributed by atoms with Crippen LogP contribution in [0.2, 0.25) is 0 Å². The van der Waals surface area contributed by atoms with Gasteiger partial charge in [0.15, 0.2) is 0 Å². The van der Waals surface area contributed by atoms with Gasteiger partial charge < -0.3 is 0 Å². The summed E-state index contributed by atoms with van der Waals surface area (Å²) in [5, 5.41) is 15.9. The lowest BCUT2D eigenvalue weighted by molar-refractivity contribution is -0.384. The van der Waals surface area contributed by atoms with E-state index >= 15 is 0 Å². The molecule has 0 radical (unpaired) electrons. The number of likely N-dealkylation sites (tertiary alicyclic amines) is 1. The fourth-order valence-corrected chi connectivity index (χ4v) is 2.59. The molecule has 2 heterocycles. The zero-order valence-corrected chi connectivity index (χ0v) is 10.7. The lowest BCUT2D eigenvalue weighted by atomic mass is 10.1. The van der Waals surface area contributed by atoms with Crippen LogP contribution in [0.5, 0.6) is 0 Å². The van der Waals surface area contributed by atoms with Crippen LogP contribution in [-0.2, 0) is 6.67 Å². The minimum Gasteiger partial charge on any atom is -0.284 e. The van der Waals surface area contributed by atoms with Crippen molar-refractivity contribution < 1.29 is 4.92 Å². The largest absolute Gasteiger partial charge is 0.284 e. The maximum absolute atomic E-state index is 10.7. The highest BCUT2D eigenvalue weighted by Crippen LogP contribution is 2.21. The molecule has 1 aliphatic rings. The van der Waals surface area contributed by atoms with Gasteiger partial charge in [0, 0.05) is 17.5 Å². The summed E-state index contributed by atoms with van der Waals surface area (Å²) in [7, 11) is 0. The standard InChI is InChI=1S/C13H16N4O2/c18-17(19)12-4-5-13-11(8-12)9-14-16(13)10-15-6-2-1-3-7-15/h4-5,8-9H,1-3,6-7,10H2. The molecule has 3 rings (SSSR count). The molecule has 100 valence electrons. The first kappa shape index (κ1) is 12.1. The van der Waals surface area contributed by atoms with E-state index in [2.05, 4.69) is 10.00 Å². The van der Waals surface area contributed by atoms with Gasteiger partial charge in [0.2, 0.25) is 0 Å². The Bertz CT molecular complexity index is 602. The van der Waals surface area contributed by atoms with Crippen molar-refractivity contribution in [2.24, 2.45) is 0 Å². The molecule has 0 amide bonds. The topological polar surface area (TPSA) is 64.2 Å². The molecule has 1 fully saturated rings. The van der Waals surface area contributed by atoms with Crippen molar-refractivity contribution >= 4 is 16.6 Å². The second kappa shape index (κ2) is 4.97. The van der Waals surface area contributed by atoms with Crippen molar-refractivity contribution in [3.05, 3.63) is 34.5 Å². The van der Waals surface area contributed by atoms with Crippen LogP contribution in [0, 0.1) is 10.1 Å². The molecule has 0 aliphatic carbocycles. The molecule has 0 saturated carbocycles. The van der Waals surface area contributed by atoms with Crippen LogP contribution < -0.4 is 0 Å². The normalized spacial score (nSPS) is 16.8. The van der Waals surface area contributed by atoms with Crippen molar-refractivity contribution in [1.82, 2.24) is 14.7 Å². The summed E-state index contributed by atoms with van der Waals surface area (Å²) in [5.41, 5.74) is 1.07. The van der Waals surface area contributed by atoms with Crippen molar-refractivity contribution in [3.8, 4) is 0 Å². The molecular weight excluding hydrogens is 244 g/mol. The number of non-ortho nitro benzene ring substituents is 1. The second-order valence-electron chi connectivity index (χ2n) is 4.96. The minimum atomic E-state index is -0.374. The number of piperidine rings is 1. The number of hydrogen-bond acceptors (Lipinski definition) is 4. The molecule has 2 aromatic rings. The van der Waals surface area contributed by atoms with Crippen LogP contribution in [0.25, 0.3) is 10.9 Å². The first-order chi connectivity index (χ1) is 9.24. The van der Waals surface area contributed by atoms with Crippen molar-refractivity contribution in [2.75, 3.05) is 13.1 Å². The summed E-state index contributed by atoms with van der Waals surface area (Å²) in [6, 6.07) is 4.90. The van der Waals surface area contributed by atoms with E-state index in [4.69, 9.17) is 0 Å². The van der Waals surface area contributed by atoms with Crippen LogP contribution in [0.3, 0.4) is 0 Å². The molecule has 0 spiro atoms. The fourth-order valence-electron chi connectivity index (χ4n) is 2.59. The van der Waals surface area contributed by atoms with Gasteiger partial charge >= 0.3 is 0 Å². The maximum atomic E-state index is 10.7. The van der Waals surface area contributed by atoms with E-state index in [1.807, 2.05) is 4.68 Å². The maximum Gasteiger partial charge on any atom is 0.270 e. The Morgan fingerprint density at radius 2 is 2.05 bits per heavy atom. The van der Waals surface area contributed by atoms with Gasteiger partial charge in [-0.2, -0.15) is 5.10 Å². The van der Waals surface area contributed by atoms with E-state index in [1.54, 1.807) is 18.3 Å². The molecule has 1 aliphatic heterocycles. The highest BCUT2D eigenvalue weighted by Gasteiger charge is 2.13. The molecule has 0 atom stereocenters. The van der Waals surface area contributed by atoms with Gasteiger partial charge in [0.1, 0.15) is 0 Å². The summed E-state index contributed by atoms with van der Waals surface area (Å²) >= 11 is 0. The summed E-state index contributed by atoms with van der Waals surface area (Å²) in [5.74, 6) is 0. The number of fused-ring (bicyclic) bond motifs is 1. The number of nitro groups is 1. The van der Waals surface area contributed by atoms with Gasteiger partial charge in [0.05, 0.1) is 23.3 Å². The average molecular weight is 260 g/mol. The molecule has 0 unspecified atom stereocenters. The van der Waals surface area contributed by atoms with Gasteiger partial charge in [-0.05, 0) is 32.0 Å². The third-order valence-electron chi connectivity index (χ3n) is 3.62. The first-order valence-electron chi connectivity index (χ1n) is 6.56. The molecule has 1 saturated heterocycles. The van der Waals surface area contributed by atoms with E-state index in [-0.39, 0.29) is 10.6 Å². The number of nitro benzene ring substituents is 1. The minimum absolute atomic E-state index is 0.116. The van der Waals surface area contributed by atoms with E-state index in [1.165, 1.54) is 25.3 Å². The molecule has 19 heavy (non-hydrogen) atoms. The number of aromatic nitrogens is 2. The number of nitrogens with zero attached hydrogens (tertiary/aromatic N) is 4. The molecule has 1 aromatic carbocycles. The summed E-state index contributed by atoms with van der Waals surface area (Å²) < 4.78 is 1.92. The van der Waals surface area contributed by atoms with Crippen LogP contribution in [0.15, 0.2) is 24.4 Å². The Labute approximate surface area is 110 Å². The SMILES string of the molecule is O=[N+]([O-])c1ccc2c(cnn2CN2CCCCC2)c1. The summed E-state index contributed by atoms with van der Waals surface area (Å²) in [4.78, 5) is 12.7. The Hall–Kier alpha value is -1.95. The number of rotatable bonds is 3. The Kier molecular flexibility index (Phi) is 3.16. The van der Waals surface area contributed by atoms with Gasteiger partial charge in [-0.25, -0.2) is 0 Å². The van der Waals surface area contributed by atoms with Crippen molar-refractivity contribution in [1.29, 1.82) is 0 Å². The predicted octanol–water partition coefficient (Wildman–Crippen LogP) is 2.39. The van der Waals surface area contributed by atoms with E-state index in [0.29, 0.717) is 0 Å². The zero-order chi connectivity index (χ0) is 13.2.